The van der Waals surface area contributed by atoms with Crippen LogP contribution in [0.1, 0.15) is 48.3 Å². The minimum absolute atomic E-state index is 0.00267. The average Bonchev–Trinajstić information content (AvgIpc) is 3.73. The Morgan fingerprint density at radius 3 is 1.58 bits per heavy atom. The molecule has 5 aromatic rings. The van der Waals surface area contributed by atoms with E-state index < -0.39 is 58.4 Å². The molecule has 0 unspecified atom stereocenters. The Kier molecular flexibility index (Phi) is 15.0. The van der Waals surface area contributed by atoms with Crippen LogP contribution in [0, 0.1) is 22.5 Å². The van der Waals surface area contributed by atoms with Gasteiger partial charge in [0.25, 0.3) is 5.91 Å². The maximum atomic E-state index is 14.2. The zero-order chi connectivity index (χ0) is 43.7. The smallest absolute Gasteiger partial charge is 0.318 e. The van der Waals surface area contributed by atoms with Crippen LogP contribution in [0.15, 0.2) is 91.1 Å². The number of halogens is 4. The fourth-order valence-corrected chi connectivity index (χ4v) is 6.43. The van der Waals surface area contributed by atoms with Crippen LogP contribution in [0.2, 0.25) is 10.0 Å². The summed E-state index contributed by atoms with van der Waals surface area (Å²) < 4.78 is 28.1. The highest BCUT2D eigenvalue weighted by molar-refractivity contribution is 6.31. The van der Waals surface area contributed by atoms with Gasteiger partial charge in [0.05, 0.1) is 6.20 Å². The first-order valence-electron chi connectivity index (χ1n) is 17.8. The van der Waals surface area contributed by atoms with Crippen molar-refractivity contribution in [1.82, 2.24) is 20.7 Å². The van der Waals surface area contributed by atoms with Gasteiger partial charge in [0.1, 0.15) is 22.5 Å². The molecular weight excluding hydrogens is 811 g/mol. The molecule has 0 spiro atoms. The number of nitrogens with one attached hydrogen (secondary N) is 2. The molecule has 0 fully saturated rings. The van der Waals surface area contributed by atoms with E-state index in [2.05, 4.69) is 20.7 Å². The van der Waals surface area contributed by atoms with E-state index in [4.69, 9.17) is 40.4 Å². The Hall–Kier alpha value is -6.23. The molecule has 4 aromatic carbocycles. The number of nitrogens with zero attached hydrogens (tertiary/aromatic N) is 2. The number of nitrogens with two attached hydrogens (primary N) is 3. The van der Waals surface area contributed by atoms with Crippen LogP contribution >= 0.6 is 23.2 Å². The molecule has 0 aliphatic carbocycles. The molecule has 1 aromatic heterocycles. The molecule has 4 atom stereocenters. The second-order valence-corrected chi connectivity index (χ2v) is 15.1. The quantitative estimate of drug-likeness (QED) is 0.0609. The van der Waals surface area contributed by atoms with Crippen molar-refractivity contribution in [2.24, 2.45) is 28.0 Å². The monoisotopic (exact) mass is 851 g/mol. The third-order valence-corrected chi connectivity index (χ3v) is 10.2. The van der Waals surface area contributed by atoms with Crippen LogP contribution in [0.25, 0.3) is 22.3 Å². The van der Waals surface area contributed by atoms with Crippen LogP contribution in [0.5, 0.6) is 0 Å². The predicted octanol–water partition coefficient (Wildman–Crippen LogP) is 5.55. The Balaban J connectivity index is 0.000000268. The van der Waals surface area contributed by atoms with Crippen molar-refractivity contribution >= 4 is 52.9 Å². The van der Waals surface area contributed by atoms with E-state index in [0.29, 0.717) is 44.3 Å². The highest BCUT2D eigenvalue weighted by Gasteiger charge is 2.42. The van der Waals surface area contributed by atoms with Crippen LogP contribution < -0.4 is 22.5 Å². The lowest BCUT2D eigenvalue weighted by molar-refractivity contribution is -0.155. The summed E-state index contributed by atoms with van der Waals surface area (Å²) in [4.78, 5) is 58.9. The van der Waals surface area contributed by atoms with Gasteiger partial charge in [-0.15, -0.1) is 0 Å². The Morgan fingerprint density at radius 2 is 1.17 bits per heavy atom. The highest BCUT2D eigenvalue weighted by Crippen LogP contribution is 2.30. The molecule has 18 heteroatoms. The van der Waals surface area contributed by atoms with E-state index in [1.165, 1.54) is 50.4 Å². The largest absolute Gasteiger partial charge is 0.480 e. The molecule has 5 rings (SSSR count). The molecule has 14 nitrogen and oxygen atoms in total. The van der Waals surface area contributed by atoms with Crippen molar-refractivity contribution in [1.29, 1.82) is 0 Å². The molecule has 0 aliphatic rings. The number of aliphatic carboxylic acids is 2. The molecule has 1 heterocycles. The van der Waals surface area contributed by atoms with Crippen molar-refractivity contribution in [3.8, 4) is 22.3 Å². The number of carboxylic acids is 2. The lowest BCUT2D eigenvalue weighted by atomic mass is 9.81. The SMILES string of the molecule is C[C@](C[C@@H](Cc1ccc(-c2cc(Cl)ccc2F)cc1)NC(=O)c1cn[nH]n1)(C(N)=O)C(=O)O.C[C@](C[C@H](N)Cc1ccc(-c2cc(Cl)ccc2F)cc1)(C(N)=O)C(=O)O. The first kappa shape index (κ1) is 45.5. The number of aromatic amines is 1. The number of amides is 3. The normalized spacial score (nSPS) is 14.0. The van der Waals surface area contributed by atoms with Crippen molar-refractivity contribution in [2.45, 2.75) is 51.6 Å². The van der Waals surface area contributed by atoms with Gasteiger partial charge in [0.15, 0.2) is 5.69 Å². The maximum Gasteiger partial charge on any atom is 0.318 e. The Morgan fingerprint density at radius 1 is 0.729 bits per heavy atom. The van der Waals surface area contributed by atoms with Crippen LogP contribution in [0.4, 0.5) is 8.78 Å². The number of carbonyl (C=O) groups is 5. The molecule has 310 valence electrons. The van der Waals surface area contributed by atoms with Crippen molar-refractivity contribution in [2.75, 3.05) is 0 Å². The first-order valence-corrected chi connectivity index (χ1v) is 18.6. The zero-order valence-corrected chi connectivity index (χ0v) is 33.2. The molecule has 0 saturated carbocycles. The van der Waals surface area contributed by atoms with Crippen molar-refractivity contribution < 1.29 is 43.0 Å². The topological polar surface area (TPSA) is 257 Å². The number of aromatic nitrogens is 3. The molecule has 0 saturated heterocycles. The summed E-state index contributed by atoms with van der Waals surface area (Å²) in [5.41, 5.74) is 16.5. The summed E-state index contributed by atoms with van der Waals surface area (Å²) in [7, 11) is 0. The number of primary amides is 2. The molecule has 0 radical (unpaired) electrons. The fraction of sp³-hybridized carbons (Fsp3) is 0.244. The number of rotatable bonds is 16. The van der Waals surface area contributed by atoms with Gasteiger partial charge in [-0.3, -0.25) is 24.0 Å². The molecule has 3 amide bonds. The van der Waals surface area contributed by atoms with Gasteiger partial charge in [-0.2, -0.15) is 15.4 Å². The number of hydrogen-bond acceptors (Lipinski definition) is 8. The summed E-state index contributed by atoms with van der Waals surface area (Å²) in [5.74, 6) is -6.05. The van der Waals surface area contributed by atoms with Gasteiger partial charge >= 0.3 is 11.9 Å². The number of carboxylic acid groups (broad SMARTS) is 2. The number of H-pyrrole nitrogens is 1. The standard InChI is InChI=1S/C22H21ClFN5O4.C19H20ClFN2O3/c1-22(20(25)31,21(32)33)10-15(27-19(30)18-11-26-29-28-18)8-12-2-4-13(5-3-12)16-9-14(23)6-7-17(16)24;1-19(17(23)24,18(25)26)10-14(22)8-11-2-4-12(5-3-11)15-9-13(20)6-7-16(15)21/h2-7,9,11,15H,8,10H2,1H3,(H2,25,31)(H,27,30)(H,32,33)(H,26,28,29);2-7,9,14H,8,10,22H2,1H3,(H2,23,24)(H,25,26)/t15-,22+;14-,19+/m11/s1. The molecular formula is C41H41Cl2F2N7O7. The van der Waals surface area contributed by atoms with E-state index in [1.54, 1.807) is 54.6 Å². The lowest BCUT2D eigenvalue weighted by Crippen LogP contribution is -2.48. The third kappa shape index (κ3) is 11.7. The van der Waals surface area contributed by atoms with Crippen molar-refractivity contribution in [3.63, 3.8) is 0 Å². The van der Waals surface area contributed by atoms with Gasteiger partial charge in [-0.1, -0.05) is 71.7 Å². The summed E-state index contributed by atoms with van der Waals surface area (Å²) in [6.07, 6.45) is 1.41. The fourth-order valence-electron chi connectivity index (χ4n) is 6.09. The molecule has 10 N–H and O–H groups in total. The minimum Gasteiger partial charge on any atom is -0.480 e. The summed E-state index contributed by atoms with van der Waals surface area (Å²) in [6.45, 7) is 2.47. The Bertz CT molecular complexity index is 2280. The predicted molar refractivity (Wildman–Crippen MR) is 216 cm³/mol. The highest BCUT2D eigenvalue weighted by atomic mass is 35.5. The van der Waals surface area contributed by atoms with Crippen LogP contribution in [0.3, 0.4) is 0 Å². The second-order valence-electron chi connectivity index (χ2n) is 14.2. The summed E-state index contributed by atoms with van der Waals surface area (Å²) in [6, 6.07) is 21.0. The Labute approximate surface area is 347 Å². The molecule has 59 heavy (non-hydrogen) atoms. The van der Waals surface area contributed by atoms with Crippen LogP contribution in [-0.2, 0) is 32.0 Å². The van der Waals surface area contributed by atoms with Gasteiger partial charge < -0.3 is 32.7 Å². The number of hydrogen-bond donors (Lipinski definition) is 7. The third-order valence-electron chi connectivity index (χ3n) is 9.71. The second kappa shape index (κ2) is 19.5. The van der Waals surface area contributed by atoms with Crippen molar-refractivity contribution in [3.05, 3.63) is 130 Å². The van der Waals surface area contributed by atoms with E-state index in [0.717, 1.165) is 5.56 Å². The number of carbonyl (C=O) groups excluding carboxylic acids is 3. The van der Waals surface area contributed by atoms with E-state index >= 15 is 0 Å². The maximum absolute atomic E-state index is 14.2. The first-order chi connectivity index (χ1) is 27.7. The molecule has 0 aliphatic heterocycles. The van der Waals surface area contributed by atoms with Crippen LogP contribution in [-0.4, -0.2) is 67.4 Å². The summed E-state index contributed by atoms with van der Waals surface area (Å²) in [5, 5.41) is 31.9. The van der Waals surface area contributed by atoms with Gasteiger partial charge in [0, 0.05) is 33.3 Å². The van der Waals surface area contributed by atoms with E-state index in [1.807, 2.05) is 0 Å². The molecule has 0 bridgehead atoms. The van der Waals surface area contributed by atoms with Gasteiger partial charge in [0.2, 0.25) is 11.8 Å². The minimum atomic E-state index is -1.91. The lowest BCUT2D eigenvalue weighted by Gasteiger charge is -2.27. The van der Waals surface area contributed by atoms with Gasteiger partial charge in [-0.05, 0) is 98.2 Å². The summed E-state index contributed by atoms with van der Waals surface area (Å²) >= 11 is 11.9. The zero-order valence-electron chi connectivity index (χ0n) is 31.7. The van der Waals surface area contributed by atoms with Gasteiger partial charge in [-0.25, -0.2) is 8.78 Å². The average molecular weight is 853 g/mol. The van der Waals surface area contributed by atoms with E-state index in [-0.39, 0.29) is 30.8 Å². The van der Waals surface area contributed by atoms with E-state index in [9.17, 15) is 43.0 Å². The number of benzene rings is 4.